The highest BCUT2D eigenvalue weighted by Gasteiger charge is 2.01. The molecule has 0 saturated carbocycles. The molecule has 0 spiro atoms. The van der Waals surface area contributed by atoms with Crippen LogP contribution < -0.4 is 0 Å². The highest BCUT2D eigenvalue weighted by Crippen LogP contribution is 2.17. The number of hydrogen-bond acceptors (Lipinski definition) is 2. The van der Waals surface area contributed by atoms with Crippen LogP contribution in [0.5, 0.6) is 0 Å². The molecule has 2 heterocycles. The van der Waals surface area contributed by atoms with Crippen molar-refractivity contribution < 1.29 is 0 Å². The molecule has 2 aliphatic rings. The summed E-state index contributed by atoms with van der Waals surface area (Å²) in [5.41, 5.74) is 2.05. The Hall–Kier alpha value is -1.82. The minimum atomic E-state index is 0.378. The van der Waals surface area contributed by atoms with Gasteiger partial charge in [-0.2, -0.15) is 5.26 Å². The molecule has 0 amide bonds. The van der Waals surface area contributed by atoms with Crippen molar-refractivity contribution in [2.75, 3.05) is 0 Å². The lowest BCUT2D eigenvalue weighted by molar-refractivity contribution is 0.822. The number of hydrogen-bond donors (Lipinski definition) is 0. The molecule has 0 N–H and O–H groups in total. The van der Waals surface area contributed by atoms with Gasteiger partial charge in [-0.15, -0.1) is 0 Å². The Balaban J connectivity index is 2.49. The van der Waals surface area contributed by atoms with Crippen molar-refractivity contribution in [3.63, 3.8) is 0 Å². The van der Waals surface area contributed by atoms with Crippen molar-refractivity contribution in [3.8, 4) is 17.3 Å². The smallest absolute Gasteiger partial charge is 0.109 e. The van der Waals surface area contributed by atoms with Crippen molar-refractivity contribution in [1.82, 2.24) is 9.55 Å². The highest BCUT2D eigenvalue weighted by atomic mass is 14.9. The van der Waals surface area contributed by atoms with Crippen LogP contribution in [-0.2, 0) is 6.54 Å². The summed E-state index contributed by atoms with van der Waals surface area (Å²) in [6.07, 6.45) is 5.52. The van der Waals surface area contributed by atoms with E-state index in [4.69, 9.17) is 5.26 Å². The second-order valence-electron chi connectivity index (χ2n) is 2.56. The zero-order valence-corrected chi connectivity index (χ0v) is 6.44. The molecule has 0 bridgehead atoms. The van der Waals surface area contributed by atoms with Gasteiger partial charge in [-0.1, -0.05) is 0 Å². The Kier molecular flexibility index (Phi) is 1.52. The maximum absolute atomic E-state index is 8.45. The van der Waals surface area contributed by atoms with Crippen LogP contribution in [0.1, 0.15) is 0 Å². The van der Waals surface area contributed by atoms with Crippen molar-refractivity contribution >= 4 is 0 Å². The number of fused-ring (bicyclic) bond motifs is 1. The maximum Gasteiger partial charge on any atom is 0.109 e. The van der Waals surface area contributed by atoms with E-state index in [1.54, 1.807) is 6.20 Å². The van der Waals surface area contributed by atoms with Gasteiger partial charge in [0.1, 0.15) is 6.54 Å². The van der Waals surface area contributed by atoms with E-state index in [1.807, 2.05) is 29.1 Å². The molecule has 58 valence electrons. The zero-order valence-electron chi connectivity index (χ0n) is 6.44. The molecule has 3 nitrogen and oxygen atoms in total. The molecular formula is C9H7N3. The maximum atomic E-state index is 8.45. The summed E-state index contributed by atoms with van der Waals surface area (Å²) >= 11 is 0. The second-order valence-corrected chi connectivity index (χ2v) is 2.56. The first-order valence-corrected chi connectivity index (χ1v) is 3.67. The van der Waals surface area contributed by atoms with Gasteiger partial charge < -0.3 is 4.57 Å². The van der Waals surface area contributed by atoms with Crippen LogP contribution in [0, 0.1) is 11.3 Å². The van der Waals surface area contributed by atoms with Crippen molar-refractivity contribution in [1.29, 1.82) is 5.26 Å². The quantitative estimate of drug-likeness (QED) is 0.629. The predicted octanol–water partition coefficient (Wildman–Crippen LogP) is 1.51. The first-order valence-electron chi connectivity index (χ1n) is 3.67. The standard InChI is InChI=1S/C9H7N3/c10-3-6-12-5-2-8-1-4-11-9(8)7-12/h1-2,4-5,7H,6H2. The Bertz CT molecular complexity index is 397. The van der Waals surface area contributed by atoms with Gasteiger partial charge in [0.05, 0.1) is 11.8 Å². The molecule has 3 heteroatoms. The average Bonchev–Trinajstić information content (AvgIpc) is 2.51. The normalized spacial score (nSPS) is 9.92. The first-order chi connectivity index (χ1) is 5.90. The van der Waals surface area contributed by atoms with Crippen molar-refractivity contribution in [2.24, 2.45) is 0 Å². The molecule has 0 radical (unpaired) electrons. The largest absolute Gasteiger partial charge is 0.338 e. The Labute approximate surface area is 70.2 Å². The average molecular weight is 157 g/mol. The van der Waals surface area contributed by atoms with E-state index in [-0.39, 0.29) is 0 Å². The van der Waals surface area contributed by atoms with E-state index in [2.05, 4.69) is 11.1 Å². The monoisotopic (exact) mass is 157 g/mol. The van der Waals surface area contributed by atoms with Crippen LogP contribution in [0.3, 0.4) is 0 Å². The van der Waals surface area contributed by atoms with Gasteiger partial charge in [0.2, 0.25) is 0 Å². The van der Waals surface area contributed by atoms with Crippen LogP contribution in [0.4, 0.5) is 0 Å². The third-order valence-corrected chi connectivity index (χ3v) is 1.75. The minimum absolute atomic E-state index is 0.378. The van der Waals surface area contributed by atoms with E-state index in [1.165, 1.54) is 0 Å². The summed E-state index contributed by atoms with van der Waals surface area (Å²) in [5.74, 6) is 0. The van der Waals surface area contributed by atoms with E-state index < -0.39 is 0 Å². The summed E-state index contributed by atoms with van der Waals surface area (Å²) in [4.78, 5) is 4.13. The Morgan fingerprint density at radius 3 is 3.25 bits per heavy atom. The molecule has 0 aromatic rings. The molecule has 0 saturated heterocycles. The fourth-order valence-electron chi connectivity index (χ4n) is 1.16. The van der Waals surface area contributed by atoms with E-state index in [0.29, 0.717) is 6.54 Å². The molecule has 0 aliphatic carbocycles. The van der Waals surface area contributed by atoms with Gasteiger partial charge in [-0.3, -0.25) is 4.98 Å². The van der Waals surface area contributed by atoms with Crippen LogP contribution in [0.2, 0.25) is 0 Å². The first kappa shape index (κ1) is 6.86. The summed E-state index contributed by atoms with van der Waals surface area (Å²) < 4.78 is 1.81. The fourth-order valence-corrected chi connectivity index (χ4v) is 1.16. The van der Waals surface area contributed by atoms with Gasteiger partial charge in [-0.25, -0.2) is 0 Å². The number of aromatic nitrogens is 2. The minimum Gasteiger partial charge on any atom is -0.338 e. The van der Waals surface area contributed by atoms with Gasteiger partial charge >= 0.3 is 0 Å². The number of nitrogens with zero attached hydrogens (tertiary/aromatic N) is 3. The second kappa shape index (κ2) is 2.67. The summed E-state index contributed by atoms with van der Waals surface area (Å²) in [6, 6.07) is 5.98. The van der Waals surface area contributed by atoms with Crippen LogP contribution in [0.15, 0.2) is 30.7 Å². The zero-order chi connectivity index (χ0) is 8.39. The third-order valence-electron chi connectivity index (χ3n) is 1.75. The van der Waals surface area contributed by atoms with Gasteiger partial charge in [0.25, 0.3) is 0 Å². The van der Waals surface area contributed by atoms with Crippen molar-refractivity contribution in [3.05, 3.63) is 30.7 Å². The summed E-state index contributed by atoms with van der Waals surface area (Å²) in [7, 11) is 0. The number of pyridine rings is 1. The summed E-state index contributed by atoms with van der Waals surface area (Å²) in [5, 5.41) is 8.45. The molecule has 2 aliphatic heterocycles. The third kappa shape index (κ3) is 1.04. The van der Waals surface area contributed by atoms with E-state index in [9.17, 15) is 0 Å². The fraction of sp³-hybridized carbons (Fsp3) is 0.111. The van der Waals surface area contributed by atoms with Crippen molar-refractivity contribution in [2.45, 2.75) is 6.54 Å². The summed E-state index contributed by atoms with van der Waals surface area (Å²) in [6.45, 7) is 0.378. The molecule has 2 rings (SSSR count). The van der Waals surface area contributed by atoms with Crippen LogP contribution >= 0.6 is 0 Å². The van der Waals surface area contributed by atoms with E-state index in [0.717, 1.165) is 11.3 Å². The molecule has 0 fully saturated rings. The van der Waals surface area contributed by atoms with Gasteiger partial charge in [-0.05, 0) is 12.1 Å². The van der Waals surface area contributed by atoms with Gasteiger partial charge in [0.15, 0.2) is 0 Å². The van der Waals surface area contributed by atoms with Crippen LogP contribution in [-0.4, -0.2) is 9.55 Å². The Morgan fingerprint density at radius 2 is 2.42 bits per heavy atom. The molecule has 0 atom stereocenters. The molecule has 0 aromatic carbocycles. The van der Waals surface area contributed by atoms with Gasteiger partial charge in [0, 0.05) is 24.2 Å². The lowest BCUT2D eigenvalue weighted by Crippen LogP contribution is -1.96. The molecule has 0 aromatic heterocycles. The highest BCUT2D eigenvalue weighted by molar-refractivity contribution is 5.59. The number of rotatable bonds is 1. The number of nitriles is 1. The molecule has 0 unspecified atom stereocenters. The molecule has 12 heavy (non-hydrogen) atoms. The molecular weight excluding hydrogens is 150 g/mol. The lowest BCUT2D eigenvalue weighted by atomic mass is 10.2. The SMILES string of the molecule is N#CCn1ccc2ccnc-2c1. The van der Waals surface area contributed by atoms with Crippen LogP contribution in [0.25, 0.3) is 11.3 Å². The predicted molar refractivity (Wildman–Crippen MR) is 44.5 cm³/mol. The lowest BCUT2D eigenvalue weighted by Gasteiger charge is -2.02. The van der Waals surface area contributed by atoms with E-state index >= 15 is 0 Å². The topological polar surface area (TPSA) is 41.6 Å². The Morgan fingerprint density at radius 1 is 1.50 bits per heavy atom.